The van der Waals surface area contributed by atoms with Gasteiger partial charge in [-0.15, -0.1) is 0 Å². The van der Waals surface area contributed by atoms with Crippen molar-refractivity contribution in [2.24, 2.45) is 5.73 Å². The SMILES string of the molecule is C=C(CN)c1ccc2c(c1)OCCO2. The van der Waals surface area contributed by atoms with Crippen LogP contribution < -0.4 is 15.2 Å². The van der Waals surface area contributed by atoms with Gasteiger partial charge in [-0.05, 0) is 23.3 Å². The summed E-state index contributed by atoms with van der Waals surface area (Å²) in [6, 6.07) is 5.76. The third-order valence-corrected chi connectivity index (χ3v) is 2.20. The third-order valence-electron chi connectivity index (χ3n) is 2.20. The van der Waals surface area contributed by atoms with Gasteiger partial charge >= 0.3 is 0 Å². The molecule has 14 heavy (non-hydrogen) atoms. The fourth-order valence-electron chi connectivity index (χ4n) is 1.38. The van der Waals surface area contributed by atoms with Crippen LogP contribution in [-0.2, 0) is 0 Å². The van der Waals surface area contributed by atoms with Crippen molar-refractivity contribution in [3.63, 3.8) is 0 Å². The molecule has 1 aliphatic rings. The van der Waals surface area contributed by atoms with Gasteiger partial charge in [0.05, 0.1) is 0 Å². The summed E-state index contributed by atoms with van der Waals surface area (Å²) in [7, 11) is 0. The van der Waals surface area contributed by atoms with E-state index >= 15 is 0 Å². The van der Waals surface area contributed by atoms with Crippen molar-refractivity contribution in [1.29, 1.82) is 0 Å². The van der Waals surface area contributed by atoms with Crippen LogP contribution >= 0.6 is 0 Å². The molecule has 0 aromatic heterocycles. The molecule has 0 unspecified atom stereocenters. The van der Waals surface area contributed by atoms with Gasteiger partial charge in [0.2, 0.25) is 0 Å². The molecule has 0 amide bonds. The minimum Gasteiger partial charge on any atom is -0.486 e. The molecule has 2 rings (SSSR count). The van der Waals surface area contributed by atoms with Gasteiger partial charge in [0, 0.05) is 6.54 Å². The molecule has 3 nitrogen and oxygen atoms in total. The highest BCUT2D eigenvalue weighted by molar-refractivity contribution is 5.67. The molecule has 0 saturated heterocycles. The molecular formula is C11H13NO2. The molecule has 0 spiro atoms. The maximum atomic E-state index is 5.51. The molecule has 1 aromatic rings. The smallest absolute Gasteiger partial charge is 0.161 e. The highest BCUT2D eigenvalue weighted by Gasteiger charge is 2.11. The van der Waals surface area contributed by atoms with Crippen molar-refractivity contribution in [2.45, 2.75) is 0 Å². The van der Waals surface area contributed by atoms with Crippen LogP contribution in [0.25, 0.3) is 5.57 Å². The molecule has 0 bridgehead atoms. The quantitative estimate of drug-likeness (QED) is 0.769. The lowest BCUT2D eigenvalue weighted by molar-refractivity contribution is 0.171. The summed E-state index contributed by atoms with van der Waals surface area (Å²) in [4.78, 5) is 0. The Labute approximate surface area is 83.1 Å². The molecule has 74 valence electrons. The molecule has 3 heteroatoms. The fourth-order valence-corrected chi connectivity index (χ4v) is 1.38. The van der Waals surface area contributed by atoms with Gasteiger partial charge in [-0.3, -0.25) is 0 Å². The highest BCUT2D eigenvalue weighted by Crippen LogP contribution is 2.32. The lowest BCUT2D eigenvalue weighted by atomic mass is 10.1. The van der Waals surface area contributed by atoms with E-state index in [-0.39, 0.29) is 0 Å². The third kappa shape index (κ3) is 1.59. The second-order valence-corrected chi connectivity index (χ2v) is 3.17. The molecule has 0 radical (unpaired) electrons. The van der Waals surface area contributed by atoms with Crippen LogP contribution in [-0.4, -0.2) is 19.8 Å². The molecule has 1 aliphatic heterocycles. The number of rotatable bonds is 2. The summed E-state index contributed by atoms with van der Waals surface area (Å²) >= 11 is 0. The van der Waals surface area contributed by atoms with E-state index < -0.39 is 0 Å². The normalized spacial score (nSPS) is 13.8. The molecule has 0 fully saturated rings. The maximum absolute atomic E-state index is 5.51. The standard InChI is InChI=1S/C11H13NO2/c1-8(7-12)9-2-3-10-11(6-9)14-5-4-13-10/h2-3,6H,1,4-5,7,12H2. The van der Waals surface area contributed by atoms with Gasteiger partial charge < -0.3 is 15.2 Å². The Morgan fingerprint density at radius 2 is 2.00 bits per heavy atom. The summed E-state index contributed by atoms with van der Waals surface area (Å²) in [6.07, 6.45) is 0. The van der Waals surface area contributed by atoms with E-state index in [0.29, 0.717) is 19.8 Å². The molecule has 0 aliphatic carbocycles. The average molecular weight is 191 g/mol. The zero-order chi connectivity index (χ0) is 9.97. The van der Waals surface area contributed by atoms with E-state index in [0.717, 1.165) is 22.6 Å². The van der Waals surface area contributed by atoms with Crippen LogP contribution in [0.3, 0.4) is 0 Å². The largest absolute Gasteiger partial charge is 0.486 e. The predicted octanol–water partition coefficient (Wildman–Crippen LogP) is 1.43. The Hall–Kier alpha value is -1.48. The van der Waals surface area contributed by atoms with Crippen molar-refractivity contribution in [3.05, 3.63) is 30.3 Å². The first-order chi connectivity index (χ1) is 6.81. The van der Waals surface area contributed by atoms with Crippen molar-refractivity contribution in [3.8, 4) is 11.5 Å². The molecule has 0 atom stereocenters. The first-order valence-electron chi connectivity index (χ1n) is 4.59. The Kier molecular flexibility index (Phi) is 2.41. The van der Waals surface area contributed by atoms with Crippen LogP contribution in [0.1, 0.15) is 5.56 Å². The first kappa shape index (κ1) is 9.09. The Balaban J connectivity index is 2.33. The van der Waals surface area contributed by atoms with E-state index in [4.69, 9.17) is 15.2 Å². The van der Waals surface area contributed by atoms with Crippen LogP contribution in [0.4, 0.5) is 0 Å². The summed E-state index contributed by atoms with van der Waals surface area (Å²) in [5, 5.41) is 0. The number of benzene rings is 1. The number of nitrogens with two attached hydrogens (primary N) is 1. The van der Waals surface area contributed by atoms with Gasteiger partial charge in [0.1, 0.15) is 13.2 Å². The van der Waals surface area contributed by atoms with Crippen molar-refractivity contribution in [2.75, 3.05) is 19.8 Å². The monoisotopic (exact) mass is 191 g/mol. The van der Waals surface area contributed by atoms with Crippen LogP contribution in [0, 0.1) is 0 Å². The van der Waals surface area contributed by atoms with Crippen molar-refractivity contribution in [1.82, 2.24) is 0 Å². The van der Waals surface area contributed by atoms with Crippen LogP contribution in [0.2, 0.25) is 0 Å². The minimum absolute atomic E-state index is 0.458. The number of ether oxygens (including phenoxy) is 2. The summed E-state index contributed by atoms with van der Waals surface area (Å²) in [5.74, 6) is 1.58. The number of fused-ring (bicyclic) bond motifs is 1. The molecule has 2 N–H and O–H groups in total. The Morgan fingerprint density at radius 3 is 2.71 bits per heavy atom. The number of hydrogen-bond acceptors (Lipinski definition) is 3. The predicted molar refractivity (Wildman–Crippen MR) is 55.5 cm³/mol. The first-order valence-corrected chi connectivity index (χ1v) is 4.59. The zero-order valence-electron chi connectivity index (χ0n) is 7.95. The van der Waals surface area contributed by atoms with Gasteiger partial charge in [0.15, 0.2) is 11.5 Å². The zero-order valence-corrected chi connectivity index (χ0v) is 7.95. The van der Waals surface area contributed by atoms with Crippen LogP contribution in [0.15, 0.2) is 24.8 Å². The highest BCUT2D eigenvalue weighted by atomic mass is 16.6. The van der Waals surface area contributed by atoms with Crippen molar-refractivity contribution < 1.29 is 9.47 Å². The Morgan fingerprint density at radius 1 is 1.29 bits per heavy atom. The lowest BCUT2D eigenvalue weighted by Crippen LogP contribution is -2.15. The number of hydrogen-bond donors (Lipinski definition) is 1. The molecular weight excluding hydrogens is 178 g/mol. The van der Waals surface area contributed by atoms with E-state index in [1.807, 2.05) is 18.2 Å². The topological polar surface area (TPSA) is 44.5 Å². The minimum atomic E-state index is 0.458. The van der Waals surface area contributed by atoms with E-state index in [1.54, 1.807) is 0 Å². The molecule has 1 heterocycles. The Bertz CT molecular complexity index is 360. The molecule has 0 saturated carbocycles. The van der Waals surface area contributed by atoms with E-state index in [2.05, 4.69) is 6.58 Å². The van der Waals surface area contributed by atoms with Crippen LogP contribution in [0.5, 0.6) is 11.5 Å². The summed E-state index contributed by atoms with van der Waals surface area (Å²) in [6.45, 7) is 5.55. The summed E-state index contributed by atoms with van der Waals surface area (Å²) < 4.78 is 10.9. The summed E-state index contributed by atoms with van der Waals surface area (Å²) in [5.41, 5.74) is 7.42. The maximum Gasteiger partial charge on any atom is 0.161 e. The van der Waals surface area contributed by atoms with Gasteiger partial charge in [0.25, 0.3) is 0 Å². The fraction of sp³-hybridized carbons (Fsp3) is 0.273. The van der Waals surface area contributed by atoms with Gasteiger partial charge in [-0.2, -0.15) is 0 Å². The van der Waals surface area contributed by atoms with Crippen molar-refractivity contribution >= 4 is 5.57 Å². The van der Waals surface area contributed by atoms with Gasteiger partial charge in [-0.25, -0.2) is 0 Å². The van der Waals surface area contributed by atoms with E-state index in [9.17, 15) is 0 Å². The second kappa shape index (κ2) is 3.72. The van der Waals surface area contributed by atoms with Gasteiger partial charge in [-0.1, -0.05) is 12.6 Å². The second-order valence-electron chi connectivity index (χ2n) is 3.17. The lowest BCUT2D eigenvalue weighted by Gasteiger charge is -2.19. The molecule has 1 aromatic carbocycles. The van der Waals surface area contributed by atoms with E-state index in [1.165, 1.54) is 0 Å². The average Bonchev–Trinajstić information content (AvgIpc) is 2.27.